The highest BCUT2D eigenvalue weighted by atomic mass is 19.4. The highest BCUT2D eigenvalue weighted by molar-refractivity contribution is 5.83. The minimum absolute atomic E-state index is 0.146. The summed E-state index contributed by atoms with van der Waals surface area (Å²) in [4.78, 5) is 6.60. The molecule has 188 valence electrons. The molecule has 1 atom stereocenters. The maximum Gasteiger partial charge on any atom is 0.419 e. The van der Waals surface area contributed by atoms with E-state index in [2.05, 4.69) is 15.2 Å². The van der Waals surface area contributed by atoms with Gasteiger partial charge in [0.25, 0.3) is 0 Å². The van der Waals surface area contributed by atoms with E-state index >= 15 is 0 Å². The number of hydrogen-bond donors (Lipinski definition) is 2. The Labute approximate surface area is 202 Å². The number of aromatic nitrogens is 1. The van der Waals surface area contributed by atoms with E-state index in [1.54, 1.807) is 13.3 Å². The molecule has 0 amide bonds. The molecule has 9 heteroatoms. The summed E-state index contributed by atoms with van der Waals surface area (Å²) >= 11 is 0. The summed E-state index contributed by atoms with van der Waals surface area (Å²) in [5.41, 5.74) is 0.878. The van der Waals surface area contributed by atoms with Gasteiger partial charge in [0.1, 0.15) is 18.1 Å². The molecule has 1 aromatic heterocycles. The van der Waals surface area contributed by atoms with Gasteiger partial charge in [0.05, 0.1) is 24.3 Å². The third-order valence-electron chi connectivity index (χ3n) is 6.35. The van der Waals surface area contributed by atoms with Crippen LogP contribution in [0.3, 0.4) is 0 Å². The lowest BCUT2D eigenvalue weighted by Gasteiger charge is -2.33. The van der Waals surface area contributed by atoms with Gasteiger partial charge in [-0.15, -0.1) is 0 Å². The molecule has 0 unspecified atom stereocenters. The van der Waals surface area contributed by atoms with E-state index in [0.717, 1.165) is 54.2 Å². The van der Waals surface area contributed by atoms with Crippen molar-refractivity contribution in [1.82, 2.24) is 15.2 Å². The quantitative estimate of drug-likeness (QED) is 0.434. The Morgan fingerprint density at radius 3 is 2.66 bits per heavy atom. The first-order valence-corrected chi connectivity index (χ1v) is 11.7. The fraction of sp³-hybridized carbons (Fsp3) is 0.423. The average Bonchev–Trinajstić information content (AvgIpc) is 2.86. The Balaban J connectivity index is 1.23. The molecule has 0 aliphatic carbocycles. The van der Waals surface area contributed by atoms with Crippen LogP contribution in [-0.2, 0) is 6.18 Å². The van der Waals surface area contributed by atoms with Crippen molar-refractivity contribution >= 4 is 10.9 Å². The van der Waals surface area contributed by atoms with Crippen LogP contribution in [0.5, 0.6) is 11.5 Å². The summed E-state index contributed by atoms with van der Waals surface area (Å²) in [5.74, 6) is 0.573. The molecule has 35 heavy (non-hydrogen) atoms. The van der Waals surface area contributed by atoms with Crippen molar-refractivity contribution in [3.63, 3.8) is 0 Å². The number of para-hydroxylation sites is 1. The number of piperidine rings is 1. The van der Waals surface area contributed by atoms with Gasteiger partial charge in [-0.1, -0.05) is 12.1 Å². The summed E-state index contributed by atoms with van der Waals surface area (Å²) in [7, 11) is 1.61. The lowest BCUT2D eigenvalue weighted by molar-refractivity contribution is -0.138. The average molecular weight is 490 g/mol. The minimum atomic E-state index is -4.43. The normalized spacial score (nSPS) is 16.4. The molecule has 0 radical (unpaired) electrons. The Bertz CT molecular complexity index is 1120. The molecule has 1 aliphatic rings. The van der Waals surface area contributed by atoms with E-state index < -0.39 is 17.8 Å². The molecule has 6 nitrogen and oxygen atoms in total. The maximum absolute atomic E-state index is 13.1. The van der Waals surface area contributed by atoms with E-state index in [9.17, 15) is 18.3 Å². The SMILES string of the molecule is COc1ccc2nccc([C@@H](O)CN3CCC(NCCOc4ccccc4C(F)(F)F)CC3)c2c1. The number of aliphatic hydroxyl groups excluding tert-OH is 1. The largest absolute Gasteiger partial charge is 0.497 e. The topological polar surface area (TPSA) is 66.9 Å². The number of benzene rings is 2. The van der Waals surface area contributed by atoms with Crippen LogP contribution < -0.4 is 14.8 Å². The van der Waals surface area contributed by atoms with Crippen molar-refractivity contribution in [3.8, 4) is 11.5 Å². The number of pyridine rings is 1. The van der Waals surface area contributed by atoms with E-state index in [-0.39, 0.29) is 18.4 Å². The molecule has 4 rings (SSSR count). The number of ether oxygens (including phenoxy) is 2. The fourth-order valence-electron chi connectivity index (χ4n) is 4.48. The summed E-state index contributed by atoms with van der Waals surface area (Å²) in [5, 5.41) is 15.2. The second kappa shape index (κ2) is 11.2. The number of nitrogens with zero attached hydrogens (tertiary/aromatic N) is 2. The van der Waals surface area contributed by atoms with Gasteiger partial charge in [0.15, 0.2) is 0 Å². The van der Waals surface area contributed by atoms with Gasteiger partial charge in [-0.2, -0.15) is 13.2 Å². The van der Waals surface area contributed by atoms with Crippen LogP contribution >= 0.6 is 0 Å². The monoisotopic (exact) mass is 489 g/mol. The predicted molar refractivity (Wildman–Crippen MR) is 128 cm³/mol. The van der Waals surface area contributed by atoms with Crippen molar-refractivity contribution < 1.29 is 27.8 Å². The fourth-order valence-corrected chi connectivity index (χ4v) is 4.48. The van der Waals surface area contributed by atoms with Crippen molar-refractivity contribution in [1.29, 1.82) is 0 Å². The molecule has 0 spiro atoms. The van der Waals surface area contributed by atoms with E-state index in [0.29, 0.717) is 13.1 Å². The number of rotatable bonds is 9. The zero-order valence-electron chi connectivity index (χ0n) is 19.6. The van der Waals surface area contributed by atoms with Gasteiger partial charge in [-0.3, -0.25) is 4.98 Å². The van der Waals surface area contributed by atoms with Crippen LogP contribution in [0.4, 0.5) is 13.2 Å². The number of methoxy groups -OCH3 is 1. The van der Waals surface area contributed by atoms with E-state index in [1.165, 1.54) is 18.2 Å². The number of nitrogens with one attached hydrogen (secondary N) is 1. The van der Waals surface area contributed by atoms with Gasteiger partial charge < -0.3 is 24.8 Å². The number of aliphatic hydroxyl groups is 1. The van der Waals surface area contributed by atoms with Crippen LogP contribution in [-0.4, -0.2) is 60.9 Å². The zero-order chi connectivity index (χ0) is 24.8. The predicted octanol–water partition coefficient (Wildman–Crippen LogP) is 4.43. The van der Waals surface area contributed by atoms with Crippen LogP contribution in [0.25, 0.3) is 10.9 Å². The summed E-state index contributed by atoms with van der Waals surface area (Å²) in [6, 6.07) is 13.0. The Morgan fingerprint density at radius 1 is 1.14 bits per heavy atom. The number of halogens is 3. The third-order valence-corrected chi connectivity index (χ3v) is 6.35. The number of hydrogen-bond acceptors (Lipinski definition) is 6. The molecule has 0 saturated carbocycles. The van der Waals surface area contributed by atoms with E-state index in [1.807, 2.05) is 24.3 Å². The Hall–Kier alpha value is -2.88. The molecule has 2 heterocycles. The molecule has 0 bridgehead atoms. The molecule has 1 aliphatic heterocycles. The van der Waals surface area contributed by atoms with Crippen LogP contribution in [0.2, 0.25) is 0 Å². The lowest BCUT2D eigenvalue weighted by atomic mass is 10.0. The van der Waals surface area contributed by atoms with Crippen LogP contribution in [0, 0.1) is 0 Å². The number of likely N-dealkylation sites (tertiary alicyclic amines) is 1. The van der Waals surface area contributed by atoms with Gasteiger partial charge in [0.2, 0.25) is 0 Å². The van der Waals surface area contributed by atoms with Gasteiger partial charge in [0, 0.05) is 30.7 Å². The molecular weight excluding hydrogens is 459 g/mol. The Kier molecular flexibility index (Phi) is 8.10. The lowest BCUT2D eigenvalue weighted by Crippen LogP contribution is -2.44. The van der Waals surface area contributed by atoms with Crippen molar-refractivity contribution in [2.24, 2.45) is 0 Å². The summed E-state index contributed by atoms with van der Waals surface area (Å²) in [6.45, 7) is 2.77. The van der Waals surface area contributed by atoms with Gasteiger partial charge in [-0.25, -0.2) is 0 Å². The number of fused-ring (bicyclic) bond motifs is 1. The summed E-state index contributed by atoms with van der Waals surface area (Å²) < 4.78 is 49.9. The zero-order valence-corrected chi connectivity index (χ0v) is 19.6. The number of β-amino-alcohol motifs (C(OH)–C–C–N with tert-alkyl or cyclic N) is 1. The van der Waals surface area contributed by atoms with Crippen molar-refractivity contribution in [2.45, 2.75) is 31.2 Å². The standard InChI is InChI=1S/C26H30F3N3O3/c1-34-19-6-7-23-21(16-19)20(8-11-31-23)24(33)17-32-13-9-18(10-14-32)30-12-15-35-25-5-3-2-4-22(25)26(27,28)29/h2-8,11,16,18,24,30,33H,9-10,12-15,17H2,1H3/t24-/m0/s1. The molecule has 1 fully saturated rings. The first kappa shape index (κ1) is 25.2. The highest BCUT2D eigenvalue weighted by Crippen LogP contribution is 2.35. The van der Waals surface area contributed by atoms with Gasteiger partial charge >= 0.3 is 6.18 Å². The maximum atomic E-state index is 13.1. The first-order valence-electron chi connectivity index (χ1n) is 11.7. The van der Waals surface area contributed by atoms with Crippen molar-refractivity contribution in [2.75, 3.05) is 39.9 Å². The molecule has 2 N–H and O–H groups in total. The second-order valence-electron chi connectivity index (χ2n) is 8.67. The molecule has 1 saturated heterocycles. The van der Waals surface area contributed by atoms with Crippen LogP contribution in [0.15, 0.2) is 54.7 Å². The summed E-state index contributed by atoms with van der Waals surface area (Å²) in [6.07, 6.45) is -1.61. The highest BCUT2D eigenvalue weighted by Gasteiger charge is 2.34. The third kappa shape index (κ3) is 6.42. The minimum Gasteiger partial charge on any atom is -0.497 e. The molecular formula is C26H30F3N3O3. The molecule has 3 aromatic rings. The first-order chi connectivity index (χ1) is 16.8. The molecule has 2 aromatic carbocycles. The smallest absolute Gasteiger partial charge is 0.419 e. The van der Waals surface area contributed by atoms with E-state index in [4.69, 9.17) is 9.47 Å². The van der Waals surface area contributed by atoms with Crippen LogP contribution in [0.1, 0.15) is 30.1 Å². The van der Waals surface area contributed by atoms with Gasteiger partial charge in [-0.05, 0) is 67.9 Å². The van der Waals surface area contributed by atoms with Crippen molar-refractivity contribution in [3.05, 3.63) is 65.9 Å². The number of alkyl halides is 3. The Morgan fingerprint density at radius 2 is 1.91 bits per heavy atom. The second-order valence-corrected chi connectivity index (χ2v) is 8.67.